The largest absolute Gasteiger partial charge is 0.468 e. The van der Waals surface area contributed by atoms with Crippen LogP contribution >= 0.6 is 0 Å². The first-order chi connectivity index (χ1) is 13.9. The summed E-state index contributed by atoms with van der Waals surface area (Å²) in [5.74, 6) is 0.0157. The van der Waals surface area contributed by atoms with E-state index in [2.05, 4.69) is 45.0 Å². The van der Waals surface area contributed by atoms with E-state index in [0.717, 1.165) is 0 Å². The second-order valence-corrected chi connectivity index (χ2v) is 12.3. The molecule has 154 valence electrons. The molecule has 0 aliphatic carbocycles. The number of rotatable bonds is 8. The molecule has 0 saturated carbocycles. The molecule has 0 radical (unpaired) electrons. The van der Waals surface area contributed by atoms with Crippen LogP contribution in [0, 0.1) is 0 Å². The van der Waals surface area contributed by atoms with Gasteiger partial charge in [0.25, 0.3) is 8.32 Å². The molecule has 5 nitrogen and oxygen atoms in total. The molecule has 0 N–H and O–H groups in total. The molecule has 1 atom stereocenters. The van der Waals surface area contributed by atoms with Crippen molar-refractivity contribution >= 4 is 24.7 Å². The molecule has 0 amide bonds. The van der Waals surface area contributed by atoms with Gasteiger partial charge in [0.1, 0.15) is 5.76 Å². The van der Waals surface area contributed by atoms with Crippen LogP contribution in [0.4, 0.5) is 0 Å². The van der Waals surface area contributed by atoms with Gasteiger partial charge in [0.2, 0.25) is 0 Å². The molecular weight excluding hydrogens is 384 g/mol. The normalized spacial score (nSPS) is 17.0. The van der Waals surface area contributed by atoms with Crippen LogP contribution in [0.1, 0.15) is 20.8 Å². The second kappa shape index (κ2) is 8.94. The third kappa shape index (κ3) is 4.45. The first-order valence-electron chi connectivity index (χ1n) is 9.67. The first kappa shape index (κ1) is 21.3. The SMILES string of the molecule is COCOC1=CC(=O)OC1CO[Si](c1ccccc1)(c1ccccc1)C(C)(C)C. The molecule has 0 fully saturated rings. The summed E-state index contributed by atoms with van der Waals surface area (Å²) >= 11 is 0. The average Bonchev–Trinajstić information content (AvgIpc) is 3.07. The minimum Gasteiger partial charge on any atom is -0.468 e. The number of hydrogen-bond donors (Lipinski definition) is 0. The van der Waals surface area contributed by atoms with E-state index in [-0.39, 0.29) is 18.4 Å². The fraction of sp³-hybridized carbons (Fsp3) is 0.348. The minimum absolute atomic E-state index is 0.0538. The van der Waals surface area contributed by atoms with E-state index in [4.69, 9.17) is 18.6 Å². The van der Waals surface area contributed by atoms with Crippen LogP contribution in [0.3, 0.4) is 0 Å². The lowest BCUT2D eigenvalue weighted by Gasteiger charge is -2.43. The summed E-state index contributed by atoms with van der Waals surface area (Å²) in [5, 5.41) is 2.19. The summed E-state index contributed by atoms with van der Waals surface area (Å²) in [6, 6.07) is 20.7. The first-order valence-corrected chi connectivity index (χ1v) is 11.6. The van der Waals surface area contributed by atoms with E-state index in [1.165, 1.54) is 23.6 Å². The number of hydrogen-bond acceptors (Lipinski definition) is 5. The second-order valence-electron chi connectivity index (χ2n) is 8.00. The number of cyclic esters (lactones) is 1. The van der Waals surface area contributed by atoms with Crippen LogP contribution in [-0.2, 0) is 23.4 Å². The molecule has 0 bridgehead atoms. The standard InChI is InChI=1S/C23H28O5Si/c1-23(2,3)29(18-11-7-5-8-12-18,19-13-9-6-10-14-19)27-16-21-20(26-17-25-4)15-22(24)28-21/h5-15,21H,16-17H2,1-4H3. The maximum absolute atomic E-state index is 11.8. The van der Waals surface area contributed by atoms with E-state index in [0.29, 0.717) is 5.76 Å². The van der Waals surface area contributed by atoms with Crippen LogP contribution in [0.15, 0.2) is 72.5 Å². The summed E-state index contributed by atoms with van der Waals surface area (Å²) in [5.41, 5.74) is 0. The monoisotopic (exact) mass is 412 g/mol. The molecule has 1 aliphatic rings. The highest BCUT2D eigenvalue weighted by molar-refractivity contribution is 6.99. The van der Waals surface area contributed by atoms with Gasteiger partial charge < -0.3 is 18.6 Å². The quantitative estimate of drug-likeness (QED) is 0.379. The van der Waals surface area contributed by atoms with Gasteiger partial charge >= 0.3 is 5.97 Å². The van der Waals surface area contributed by atoms with Gasteiger partial charge in [0, 0.05) is 7.11 Å². The fourth-order valence-corrected chi connectivity index (χ4v) is 8.34. The molecule has 1 unspecified atom stereocenters. The van der Waals surface area contributed by atoms with Crippen molar-refractivity contribution in [2.75, 3.05) is 20.5 Å². The molecule has 2 aromatic rings. The highest BCUT2D eigenvalue weighted by atomic mass is 28.4. The minimum atomic E-state index is -2.71. The van der Waals surface area contributed by atoms with E-state index in [1.807, 2.05) is 36.4 Å². The summed E-state index contributed by atoms with van der Waals surface area (Å²) in [6.45, 7) is 6.89. The topological polar surface area (TPSA) is 54.0 Å². The van der Waals surface area contributed by atoms with Crippen molar-refractivity contribution in [3.63, 3.8) is 0 Å². The molecule has 1 heterocycles. The molecule has 0 aromatic heterocycles. The zero-order valence-electron chi connectivity index (χ0n) is 17.4. The summed E-state index contributed by atoms with van der Waals surface area (Å²) in [7, 11) is -1.17. The summed E-state index contributed by atoms with van der Waals surface area (Å²) in [4.78, 5) is 11.8. The van der Waals surface area contributed by atoms with E-state index >= 15 is 0 Å². The van der Waals surface area contributed by atoms with Gasteiger partial charge in [-0.15, -0.1) is 0 Å². The lowest BCUT2D eigenvalue weighted by molar-refractivity contribution is -0.141. The van der Waals surface area contributed by atoms with Gasteiger partial charge in [-0.1, -0.05) is 81.4 Å². The zero-order chi connectivity index (χ0) is 20.9. The Morgan fingerprint density at radius 3 is 2.00 bits per heavy atom. The van der Waals surface area contributed by atoms with Crippen molar-refractivity contribution in [2.24, 2.45) is 0 Å². The third-order valence-electron chi connectivity index (χ3n) is 5.05. The van der Waals surface area contributed by atoms with Crippen molar-refractivity contribution in [3.8, 4) is 0 Å². The Morgan fingerprint density at radius 2 is 1.52 bits per heavy atom. The molecule has 0 saturated heterocycles. The molecule has 2 aromatic carbocycles. The number of esters is 1. The van der Waals surface area contributed by atoms with Crippen LogP contribution in [0.5, 0.6) is 0 Å². The van der Waals surface area contributed by atoms with Gasteiger partial charge in [-0.3, -0.25) is 0 Å². The van der Waals surface area contributed by atoms with Crippen LogP contribution in [0.2, 0.25) is 5.04 Å². The molecule has 1 aliphatic heterocycles. The van der Waals surface area contributed by atoms with Gasteiger partial charge in [-0.2, -0.15) is 0 Å². The van der Waals surface area contributed by atoms with Crippen molar-refractivity contribution in [2.45, 2.75) is 31.9 Å². The Bertz CT molecular complexity index is 803. The van der Waals surface area contributed by atoms with E-state index < -0.39 is 20.4 Å². The van der Waals surface area contributed by atoms with E-state index in [9.17, 15) is 4.79 Å². The fourth-order valence-electron chi connectivity index (χ4n) is 3.78. The Labute approximate surface area is 173 Å². The number of ether oxygens (including phenoxy) is 3. The van der Waals surface area contributed by atoms with Gasteiger partial charge in [0.05, 0.1) is 12.7 Å². The Kier molecular flexibility index (Phi) is 6.57. The Morgan fingerprint density at radius 1 is 0.966 bits per heavy atom. The van der Waals surface area contributed by atoms with Crippen LogP contribution in [0.25, 0.3) is 0 Å². The highest BCUT2D eigenvalue weighted by Gasteiger charge is 2.51. The van der Waals surface area contributed by atoms with Gasteiger partial charge in [-0.05, 0) is 15.4 Å². The molecule has 0 spiro atoms. The van der Waals surface area contributed by atoms with Gasteiger partial charge in [-0.25, -0.2) is 4.79 Å². The Balaban J connectivity index is 1.98. The average molecular weight is 413 g/mol. The Hall–Kier alpha value is -2.41. The molecular formula is C23H28O5Si. The van der Waals surface area contributed by atoms with Crippen molar-refractivity contribution < 1.29 is 23.4 Å². The summed E-state index contributed by atoms with van der Waals surface area (Å²) in [6.07, 6.45) is 0.776. The third-order valence-corrected chi connectivity index (χ3v) is 10.1. The van der Waals surface area contributed by atoms with E-state index in [1.54, 1.807) is 0 Å². The molecule has 6 heteroatoms. The smallest absolute Gasteiger partial charge is 0.335 e. The van der Waals surface area contributed by atoms with Crippen LogP contribution in [-0.4, -0.2) is 40.9 Å². The number of benzene rings is 2. The summed E-state index contributed by atoms with van der Waals surface area (Å²) < 4.78 is 22.7. The lowest BCUT2D eigenvalue weighted by Crippen LogP contribution is -2.67. The van der Waals surface area contributed by atoms with Crippen molar-refractivity contribution in [1.29, 1.82) is 0 Å². The number of carbonyl (C=O) groups is 1. The molecule has 29 heavy (non-hydrogen) atoms. The molecule has 3 rings (SSSR count). The highest BCUT2D eigenvalue weighted by Crippen LogP contribution is 2.37. The predicted molar refractivity (Wildman–Crippen MR) is 114 cm³/mol. The lowest BCUT2D eigenvalue weighted by atomic mass is 10.2. The number of methoxy groups -OCH3 is 1. The van der Waals surface area contributed by atoms with Crippen molar-refractivity contribution in [1.82, 2.24) is 0 Å². The van der Waals surface area contributed by atoms with Gasteiger partial charge in [0.15, 0.2) is 12.9 Å². The zero-order valence-corrected chi connectivity index (χ0v) is 18.4. The maximum atomic E-state index is 11.8. The maximum Gasteiger partial charge on any atom is 0.335 e. The number of carbonyl (C=O) groups excluding carboxylic acids is 1. The predicted octanol–water partition coefficient (Wildman–Crippen LogP) is 2.99. The van der Waals surface area contributed by atoms with Crippen molar-refractivity contribution in [3.05, 3.63) is 72.5 Å². The van der Waals surface area contributed by atoms with Crippen LogP contribution < -0.4 is 10.4 Å².